The van der Waals surface area contributed by atoms with Crippen molar-refractivity contribution in [3.05, 3.63) is 30.1 Å². The summed E-state index contributed by atoms with van der Waals surface area (Å²) in [7, 11) is 0. The molecule has 1 fully saturated rings. The highest BCUT2D eigenvalue weighted by molar-refractivity contribution is 5.92. The molecule has 1 aromatic carbocycles. The fraction of sp³-hybridized carbons (Fsp3) is 0.619. The number of hydrogen-bond acceptors (Lipinski definition) is 4. The monoisotopic (exact) mass is 392 g/mol. The molecule has 1 aromatic rings. The number of hydrogen-bond donors (Lipinski definition) is 2. The molecule has 1 atom stereocenters. The number of piperazine rings is 1. The zero-order valence-corrected chi connectivity index (χ0v) is 17.0. The maximum atomic E-state index is 12.9. The molecular formula is C21H33FN4O2. The minimum atomic E-state index is -0.325. The Labute approximate surface area is 167 Å². The van der Waals surface area contributed by atoms with Gasteiger partial charge in [0.15, 0.2) is 0 Å². The van der Waals surface area contributed by atoms with Crippen LogP contribution < -0.4 is 10.6 Å². The predicted octanol–water partition coefficient (Wildman–Crippen LogP) is 2.47. The number of nitrogens with one attached hydrogen (secondary N) is 2. The molecule has 0 radical (unpaired) electrons. The molecule has 1 aliphatic rings. The minimum absolute atomic E-state index is 0.0755. The topological polar surface area (TPSA) is 64.7 Å². The highest BCUT2D eigenvalue weighted by atomic mass is 19.1. The van der Waals surface area contributed by atoms with Crippen molar-refractivity contribution in [1.82, 2.24) is 15.1 Å². The Balaban J connectivity index is 1.63. The number of nitrogens with zero attached hydrogens (tertiary/aromatic N) is 2. The second-order valence-electron chi connectivity index (χ2n) is 7.57. The normalized spacial score (nSPS) is 16.5. The molecule has 28 heavy (non-hydrogen) atoms. The molecule has 7 heteroatoms. The van der Waals surface area contributed by atoms with Gasteiger partial charge in [0.25, 0.3) is 0 Å². The fourth-order valence-corrected chi connectivity index (χ4v) is 3.34. The molecule has 0 aromatic heterocycles. The Morgan fingerprint density at radius 2 is 1.57 bits per heavy atom. The summed E-state index contributed by atoms with van der Waals surface area (Å²) in [6.45, 7) is 7.97. The van der Waals surface area contributed by atoms with E-state index in [2.05, 4.69) is 34.3 Å². The second kappa shape index (κ2) is 11.8. The highest BCUT2D eigenvalue weighted by Gasteiger charge is 2.21. The summed E-state index contributed by atoms with van der Waals surface area (Å²) in [6, 6.07) is 5.96. The van der Waals surface area contributed by atoms with Crippen molar-refractivity contribution < 1.29 is 14.0 Å². The molecule has 0 aliphatic carbocycles. The Hall–Kier alpha value is -1.99. The molecule has 0 unspecified atom stereocenters. The average molecular weight is 393 g/mol. The first-order chi connectivity index (χ1) is 13.5. The quantitative estimate of drug-likeness (QED) is 0.601. The Morgan fingerprint density at radius 3 is 2.14 bits per heavy atom. The van der Waals surface area contributed by atoms with E-state index in [9.17, 15) is 14.0 Å². The van der Waals surface area contributed by atoms with Crippen LogP contribution in [0.2, 0.25) is 0 Å². The van der Waals surface area contributed by atoms with E-state index in [1.165, 1.54) is 25.0 Å². The van der Waals surface area contributed by atoms with Crippen LogP contribution in [0.15, 0.2) is 24.3 Å². The van der Waals surface area contributed by atoms with Crippen molar-refractivity contribution in [2.45, 2.75) is 45.6 Å². The van der Waals surface area contributed by atoms with Crippen LogP contribution in [0.3, 0.4) is 0 Å². The van der Waals surface area contributed by atoms with Gasteiger partial charge in [0.1, 0.15) is 5.82 Å². The number of carbonyl (C=O) groups excluding carboxylic acids is 2. The molecular weight excluding hydrogens is 359 g/mol. The van der Waals surface area contributed by atoms with Gasteiger partial charge in [0.2, 0.25) is 11.8 Å². The fourth-order valence-electron chi connectivity index (χ4n) is 3.34. The SMILES string of the molecule is CCCCC[C@H](C)NC(=O)CN1CCN(CC(=O)Nc2ccc(F)cc2)CC1. The molecule has 0 spiro atoms. The Bertz CT molecular complexity index is 615. The van der Waals surface area contributed by atoms with Gasteiger partial charge >= 0.3 is 0 Å². The molecule has 2 rings (SSSR count). The number of amides is 2. The van der Waals surface area contributed by atoms with Crippen molar-refractivity contribution in [3.63, 3.8) is 0 Å². The lowest BCUT2D eigenvalue weighted by atomic mass is 10.1. The maximum absolute atomic E-state index is 12.9. The number of anilines is 1. The molecule has 1 aliphatic heterocycles. The van der Waals surface area contributed by atoms with Gasteiger partial charge in [-0.25, -0.2) is 4.39 Å². The van der Waals surface area contributed by atoms with Gasteiger partial charge in [-0.3, -0.25) is 19.4 Å². The van der Waals surface area contributed by atoms with Gasteiger partial charge < -0.3 is 10.6 Å². The molecule has 1 saturated heterocycles. The van der Waals surface area contributed by atoms with E-state index in [0.29, 0.717) is 18.8 Å². The standard InChI is InChI=1S/C21H33FN4O2/c1-3-4-5-6-17(2)23-20(27)15-25-11-13-26(14-12-25)16-21(28)24-19-9-7-18(22)8-10-19/h7-10,17H,3-6,11-16H2,1-2H3,(H,23,27)(H,24,28)/t17-/m0/s1. The predicted molar refractivity (Wildman–Crippen MR) is 110 cm³/mol. The van der Waals surface area contributed by atoms with Gasteiger partial charge in [0, 0.05) is 37.9 Å². The lowest BCUT2D eigenvalue weighted by Gasteiger charge is -2.34. The zero-order chi connectivity index (χ0) is 20.4. The third-order valence-corrected chi connectivity index (χ3v) is 4.98. The van der Waals surface area contributed by atoms with Crippen LogP contribution in [0.5, 0.6) is 0 Å². The Kier molecular flexibility index (Phi) is 9.37. The van der Waals surface area contributed by atoms with Gasteiger partial charge in [0.05, 0.1) is 13.1 Å². The van der Waals surface area contributed by atoms with Crippen molar-refractivity contribution >= 4 is 17.5 Å². The van der Waals surface area contributed by atoms with Gasteiger partial charge in [-0.05, 0) is 37.6 Å². The number of unbranched alkanes of at least 4 members (excludes halogenated alkanes) is 2. The van der Waals surface area contributed by atoms with E-state index < -0.39 is 0 Å². The number of rotatable bonds is 10. The molecule has 0 bridgehead atoms. The average Bonchev–Trinajstić information content (AvgIpc) is 2.65. The molecule has 0 saturated carbocycles. The van der Waals surface area contributed by atoms with Crippen LogP contribution in [0.25, 0.3) is 0 Å². The summed E-state index contributed by atoms with van der Waals surface area (Å²) in [4.78, 5) is 28.5. The summed E-state index contributed by atoms with van der Waals surface area (Å²) in [6.07, 6.45) is 4.57. The lowest BCUT2D eigenvalue weighted by Crippen LogP contribution is -2.51. The minimum Gasteiger partial charge on any atom is -0.353 e. The third kappa shape index (κ3) is 8.35. The van der Waals surface area contributed by atoms with E-state index in [-0.39, 0.29) is 23.7 Å². The lowest BCUT2D eigenvalue weighted by molar-refractivity contribution is -0.124. The summed E-state index contributed by atoms with van der Waals surface area (Å²) >= 11 is 0. The van der Waals surface area contributed by atoms with Crippen LogP contribution in [0.4, 0.5) is 10.1 Å². The van der Waals surface area contributed by atoms with Crippen molar-refractivity contribution in [2.75, 3.05) is 44.6 Å². The molecule has 2 amide bonds. The summed E-state index contributed by atoms with van der Waals surface area (Å²) < 4.78 is 12.9. The van der Waals surface area contributed by atoms with E-state index >= 15 is 0 Å². The first-order valence-corrected chi connectivity index (χ1v) is 10.3. The number of benzene rings is 1. The van der Waals surface area contributed by atoms with Crippen molar-refractivity contribution in [2.24, 2.45) is 0 Å². The van der Waals surface area contributed by atoms with Crippen LogP contribution in [0.1, 0.15) is 39.5 Å². The molecule has 156 valence electrons. The first-order valence-electron chi connectivity index (χ1n) is 10.3. The van der Waals surface area contributed by atoms with E-state index in [4.69, 9.17) is 0 Å². The third-order valence-electron chi connectivity index (χ3n) is 4.98. The summed E-state index contributed by atoms with van der Waals surface area (Å²) in [5, 5.41) is 5.85. The Morgan fingerprint density at radius 1 is 1.00 bits per heavy atom. The molecule has 2 N–H and O–H groups in total. The van der Waals surface area contributed by atoms with E-state index in [0.717, 1.165) is 39.0 Å². The number of halogens is 1. The number of carbonyl (C=O) groups is 2. The van der Waals surface area contributed by atoms with Crippen molar-refractivity contribution in [3.8, 4) is 0 Å². The van der Waals surface area contributed by atoms with Gasteiger partial charge in [-0.1, -0.05) is 26.2 Å². The second-order valence-corrected chi connectivity index (χ2v) is 7.57. The molecule has 6 nitrogen and oxygen atoms in total. The highest BCUT2D eigenvalue weighted by Crippen LogP contribution is 2.09. The zero-order valence-electron chi connectivity index (χ0n) is 17.0. The van der Waals surface area contributed by atoms with Crippen LogP contribution in [-0.4, -0.2) is 66.9 Å². The van der Waals surface area contributed by atoms with Crippen molar-refractivity contribution in [1.29, 1.82) is 0 Å². The smallest absolute Gasteiger partial charge is 0.238 e. The van der Waals surface area contributed by atoms with Crippen LogP contribution in [-0.2, 0) is 9.59 Å². The summed E-state index contributed by atoms with van der Waals surface area (Å²) in [5.74, 6) is -0.362. The van der Waals surface area contributed by atoms with Gasteiger partial charge in [-0.15, -0.1) is 0 Å². The van der Waals surface area contributed by atoms with E-state index in [1.807, 2.05) is 0 Å². The van der Waals surface area contributed by atoms with Crippen LogP contribution in [0, 0.1) is 5.82 Å². The molecule has 1 heterocycles. The van der Waals surface area contributed by atoms with Crippen LogP contribution >= 0.6 is 0 Å². The largest absolute Gasteiger partial charge is 0.353 e. The maximum Gasteiger partial charge on any atom is 0.238 e. The van der Waals surface area contributed by atoms with Gasteiger partial charge in [-0.2, -0.15) is 0 Å². The van der Waals surface area contributed by atoms with E-state index in [1.54, 1.807) is 12.1 Å². The first kappa shape index (κ1) is 22.3. The summed E-state index contributed by atoms with van der Waals surface area (Å²) in [5.41, 5.74) is 0.592.